The molecular formula is C16H16BrFN2O. The van der Waals surface area contributed by atoms with E-state index in [1.165, 1.54) is 24.6 Å². The van der Waals surface area contributed by atoms with Gasteiger partial charge in [0.05, 0.1) is 0 Å². The second kappa shape index (κ2) is 7.37. The molecule has 3 nitrogen and oxygen atoms in total. The third-order valence-corrected chi connectivity index (χ3v) is 4.06. The van der Waals surface area contributed by atoms with Crippen LogP contribution in [0.2, 0.25) is 0 Å². The van der Waals surface area contributed by atoms with Gasteiger partial charge in [-0.25, -0.2) is 4.39 Å². The molecule has 0 spiro atoms. The predicted molar refractivity (Wildman–Crippen MR) is 82.7 cm³/mol. The molecule has 1 aliphatic rings. The first-order valence-corrected chi connectivity index (χ1v) is 7.77. The zero-order valence-electron chi connectivity index (χ0n) is 11.5. The van der Waals surface area contributed by atoms with E-state index in [1.54, 1.807) is 6.07 Å². The average molecular weight is 351 g/mol. The van der Waals surface area contributed by atoms with Crippen molar-refractivity contribution in [3.8, 4) is 6.07 Å². The summed E-state index contributed by atoms with van der Waals surface area (Å²) in [6.45, 7) is 0. The highest BCUT2D eigenvalue weighted by Crippen LogP contribution is 2.19. The van der Waals surface area contributed by atoms with Crippen molar-refractivity contribution in [2.24, 2.45) is 0 Å². The van der Waals surface area contributed by atoms with Crippen LogP contribution in [0.15, 0.2) is 28.2 Å². The highest BCUT2D eigenvalue weighted by molar-refractivity contribution is 9.10. The molecule has 1 fully saturated rings. The van der Waals surface area contributed by atoms with Crippen LogP contribution in [0.3, 0.4) is 0 Å². The van der Waals surface area contributed by atoms with Gasteiger partial charge in [-0.2, -0.15) is 5.26 Å². The molecule has 1 saturated carbocycles. The van der Waals surface area contributed by atoms with E-state index in [-0.39, 0.29) is 17.2 Å². The van der Waals surface area contributed by atoms with E-state index in [2.05, 4.69) is 21.2 Å². The predicted octanol–water partition coefficient (Wildman–Crippen LogP) is 3.94. The molecule has 1 aromatic carbocycles. The Labute approximate surface area is 132 Å². The highest BCUT2D eigenvalue weighted by Gasteiger charge is 2.18. The summed E-state index contributed by atoms with van der Waals surface area (Å²) < 4.78 is 14.4. The van der Waals surface area contributed by atoms with E-state index in [1.807, 2.05) is 6.07 Å². The lowest BCUT2D eigenvalue weighted by atomic mass is 9.95. The van der Waals surface area contributed by atoms with Crippen molar-refractivity contribution in [1.29, 1.82) is 5.26 Å². The van der Waals surface area contributed by atoms with Gasteiger partial charge >= 0.3 is 0 Å². The molecule has 0 bridgehead atoms. The molecule has 0 aliphatic heterocycles. The first-order valence-electron chi connectivity index (χ1n) is 6.98. The minimum Gasteiger partial charge on any atom is -0.349 e. The van der Waals surface area contributed by atoms with E-state index in [9.17, 15) is 9.18 Å². The fourth-order valence-corrected chi connectivity index (χ4v) is 2.77. The van der Waals surface area contributed by atoms with Crippen LogP contribution in [0.1, 0.15) is 37.7 Å². The summed E-state index contributed by atoms with van der Waals surface area (Å²) >= 11 is 3.17. The number of benzene rings is 1. The van der Waals surface area contributed by atoms with Crippen molar-refractivity contribution >= 4 is 27.9 Å². The number of nitrogens with zero attached hydrogens (tertiary/aromatic N) is 1. The molecule has 0 radical (unpaired) electrons. The van der Waals surface area contributed by atoms with Gasteiger partial charge in [-0.15, -0.1) is 0 Å². The lowest BCUT2D eigenvalue weighted by molar-refractivity contribution is -0.117. The number of nitriles is 1. The topological polar surface area (TPSA) is 52.9 Å². The molecule has 0 unspecified atom stereocenters. The molecule has 1 N–H and O–H groups in total. The van der Waals surface area contributed by atoms with Gasteiger partial charge in [-0.1, -0.05) is 41.3 Å². The maximum absolute atomic E-state index is 13.8. The van der Waals surface area contributed by atoms with E-state index in [0.29, 0.717) is 4.47 Å². The fourth-order valence-electron chi connectivity index (χ4n) is 2.43. The van der Waals surface area contributed by atoms with Crippen LogP contribution in [-0.4, -0.2) is 11.9 Å². The Bertz CT molecular complexity index is 601. The van der Waals surface area contributed by atoms with Crippen molar-refractivity contribution in [2.45, 2.75) is 38.1 Å². The molecule has 110 valence electrons. The highest BCUT2D eigenvalue weighted by atomic mass is 79.9. The average Bonchev–Trinajstić information content (AvgIpc) is 2.47. The van der Waals surface area contributed by atoms with E-state index < -0.39 is 11.7 Å². The lowest BCUT2D eigenvalue weighted by Crippen LogP contribution is -2.36. The molecular weight excluding hydrogens is 335 g/mol. The van der Waals surface area contributed by atoms with Crippen LogP contribution in [0.5, 0.6) is 0 Å². The number of hydrogen-bond acceptors (Lipinski definition) is 2. The first-order chi connectivity index (χ1) is 10.1. The van der Waals surface area contributed by atoms with Gasteiger partial charge in [-0.3, -0.25) is 4.79 Å². The number of carbonyl (C=O) groups excluding carboxylic acids is 1. The third-order valence-electron chi connectivity index (χ3n) is 3.57. The maximum atomic E-state index is 13.8. The standard InChI is InChI=1S/C16H16BrFN2O/c17-13-7-6-11(15(18)9-13)8-12(10-19)16(21)20-14-4-2-1-3-5-14/h6-9,14H,1-5H2,(H,20,21)/b12-8+. The Morgan fingerprint density at radius 2 is 2.10 bits per heavy atom. The second-order valence-corrected chi connectivity index (χ2v) is 6.06. The van der Waals surface area contributed by atoms with Gasteiger partial charge < -0.3 is 5.32 Å². The number of amides is 1. The van der Waals surface area contributed by atoms with Crippen LogP contribution in [0.4, 0.5) is 4.39 Å². The SMILES string of the molecule is N#C/C(=C\c1ccc(Br)cc1F)C(=O)NC1CCCCC1. The van der Waals surface area contributed by atoms with Crippen LogP contribution in [0.25, 0.3) is 6.08 Å². The molecule has 0 heterocycles. The van der Waals surface area contributed by atoms with Crippen LogP contribution in [0, 0.1) is 17.1 Å². The van der Waals surface area contributed by atoms with Crippen LogP contribution >= 0.6 is 15.9 Å². The van der Waals surface area contributed by atoms with Gasteiger partial charge in [0.25, 0.3) is 5.91 Å². The van der Waals surface area contributed by atoms with Gasteiger partial charge in [0.1, 0.15) is 17.5 Å². The monoisotopic (exact) mass is 350 g/mol. The number of rotatable bonds is 3. The molecule has 1 aromatic rings. The number of nitrogens with one attached hydrogen (secondary N) is 1. The van der Waals surface area contributed by atoms with Crippen molar-refractivity contribution in [1.82, 2.24) is 5.32 Å². The molecule has 5 heteroatoms. The largest absolute Gasteiger partial charge is 0.349 e. The van der Waals surface area contributed by atoms with Gasteiger partial charge in [-0.05, 0) is 31.1 Å². The number of halogens is 2. The summed E-state index contributed by atoms with van der Waals surface area (Å²) in [7, 11) is 0. The summed E-state index contributed by atoms with van der Waals surface area (Å²) in [6.07, 6.45) is 6.56. The molecule has 1 amide bonds. The van der Waals surface area contributed by atoms with Gasteiger partial charge in [0.2, 0.25) is 0 Å². The van der Waals surface area contributed by atoms with Crippen molar-refractivity contribution < 1.29 is 9.18 Å². The molecule has 0 saturated heterocycles. The Balaban J connectivity index is 2.12. The molecule has 0 aromatic heterocycles. The Kier molecular flexibility index (Phi) is 5.51. The smallest absolute Gasteiger partial charge is 0.262 e. The number of hydrogen-bond donors (Lipinski definition) is 1. The quantitative estimate of drug-likeness (QED) is 0.662. The normalized spacial score (nSPS) is 16.3. The summed E-state index contributed by atoms with van der Waals surface area (Å²) in [5, 5.41) is 12.0. The lowest BCUT2D eigenvalue weighted by Gasteiger charge is -2.22. The summed E-state index contributed by atoms with van der Waals surface area (Å²) in [4.78, 5) is 12.1. The van der Waals surface area contributed by atoms with Crippen LogP contribution < -0.4 is 5.32 Å². The Morgan fingerprint density at radius 1 is 1.38 bits per heavy atom. The van der Waals surface area contributed by atoms with E-state index >= 15 is 0 Å². The van der Waals surface area contributed by atoms with Crippen molar-refractivity contribution in [3.63, 3.8) is 0 Å². The van der Waals surface area contributed by atoms with Crippen molar-refractivity contribution in [3.05, 3.63) is 39.6 Å². The molecule has 1 aliphatic carbocycles. The first kappa shape index (κ1) is 15.7. The third kappa shape index (κ3) is 4.40. The zero-order chi connectivity index (χ0) is 15.2. The summed E-state index contributed by atoms with van der Waals surface area (Å²) in [6, 6.07) is 6.48. The molecule has 0 atom stereocenters. The van der Waals surface area contributed by atoms with Gasteiger partial charge in [0, 0.05) is 16.1 Å². The maximum Gasteiger partial charge on any atom is 0.262 e. The van der Waals surface area contributed by atoms with E-state index in [4.69, 9.17) is 5.26 Å². The summed E-state index contributed by atoms with van der Waals surface area (Å²) in [5.74, 6) is -0.894. The Hall–Kier alpha value is -1.67. The second-order valence-electron chi connectivity index (χ2n) is 5.14. The number of carbonyl (C=O) groups is 1. The molecule has 2 rings (SSSR count). The van der Waals surface area contributed by atoms with Gasteiger partial charge in [0.15, 0.2) is 0 Å². The fraction of sp³-hybridized carbons (Fsp3) is 0.375. The van der Waals surface area contributed by atoms with Crippen LogP contribution in [-0.2, 0) is 4.79 Å². The minimum atomic E-state index is -0.470. The van der Waals surface area contributed by atoms with E-state index in [0.717, 1.165) is 25.7 Å². The Morgan fingerprint density at radius 3 is 2.71 bits per heavy atom. The molecule has 21 heavy (non-hydrogen) atoms. The minimum absolute atomic E-state index is 0.0678. The van der Waals surface area contributed by atoms with Crippen molar-refractivity contribution in [2.75, 3.05) is 0 Å². The summed E-state index contributed by atoms with van der Waals surface area (Å²) in [5.41, 5.74) is 0.162. The zero-order valence-corrected chi connectivity index (χ0v) is 13.1.